The predicted octanol–water partition coefficient (Wildman–Crippen LogP) is 2.38. The number of ether oxygens (including phenoxy) is 2. The van der Waals surface area contributed by atoms with E-state index in [1.165, 1.54) is 31.3 Å². The van der Waals surface area contributed by atoms with Gasteiger partial charge in [-0.2, -0.15) is 0 Å². The minimum absolute atomic E-state index is 0.106. The fourth-order valence-electron chi connectivity index (χ4n) is 2.20. The summed E-state index contributed by atoms with van der Waals surface area (Å²) < 4.78 is 33.7. The molecule has 0 unspecified atom stereocenters. The van der Waals surface area contributed by atoms with Gasteiger partial charge in [0.05, 0.1) is 19.1 Å². The molecule has 1 amide bonds. The van der Waals surface area contributed by atoms with Crippen LogP contribution in [0.15, 0.2) is 47.4 Å². The van der Waals surface area contributed by atoms with Crippen molar-refractivity contribution >= 4 is 21.4 Å². The number of amides is 1. The highest BCUT2D eigenvalue weighted by Gasteiger charge is 2.17. The molecule has 0 aromatic heterocycles. The molecule has 0 saturated heterocycles. The van der Waals surface area contributed by atoms with Gasteiger partial charge < -0.3 is 14.4 Å². The standard InChI is InChI=1S/C17H19NO5S/c1-18(13-8-9-15(22-2)16(11-13)23-3)17(19)12-6-5-7-14(10-12)24(4,20)21/h5-11H,1-4H3. The molecule has 0 fully saturated rings. The minimum Gasteiger partial charge on any atom is -0.493 e. The highest BCUT2D eigenvalue weighted by Crippen LogP contribution is 2.31. The van der Waals surface area contributed by atoms with Gasteiger partial charge in [-0.05, 0) is 30.3 Å². The lowest BCUT2D eigenvalue weighted by atomic mass is 10.2. The first-order valence-electron chi connectivity index (χ1n) is 7.08. The molecule has 0 N–H and O–H groups in total. The van der Waals surface area contributed by atoms with E-state index in [-0.39, 0.29) is 16.4 Å². The third-order valence-corrected chi connectivity index (χ3v) is 4.68. The van der Waals surface area contributed by atoms with E-state index < -0.39 is 9.84 Å². The van der Waals surface area contributed by atoms with Crippen molar-refractivity contribution < 1.29 is 22.7 Å². The van der Waals surface area contributed by atoms with Gasteiger partial charge in [0.1, 0.15) is 0 Å². The lowest BCUT2D eigenvalue weighted by Gasteiger charge is -2.19. The van der Waals surface area contributed by atoms with Crippen molar-refractivity contribution in [3.63, 3.8) is 0 Å². The van der Waals surface area contributed by atoms with Crippen LogP contribution in [-0.4, -0.2) is 41.8 Å². The number of nitrogens with zero attached hydrogens (tertiary/aromatic N) is 1. The van der Waals surface area contributed by atoms with Crippen LogP contribution in [0.2, 0.25) is 0 Å². The Balaban J connectivity index is 2.36. The van der Waals surface area contributed by atoms with Crippen LogP contribution >= 0.6 is 0 Å². The zero-order valence-electron chi connectivity index (χ0n) is 13.9. The van der Waals surface area contributed by atoms with Gasteiger partial charge in [0.25, 0.3) is 5.91 Å². The van der Waals surface area contributed by atoms with Crippen LogP contribution in [-0.2, 0) is 9.84 Å². The summed E-state index contributed by atoms with van der Waals surface area (Å²) in [4.78, 5) is 14.2. The summed E-state index contributed by atoms with van der Waals surface area (Å²) in [5, 5.41) is 0. The van der Waals surface area contributed by atoms with Crippen LogP contribution < -0.4 is 14.4 Å². The molecule has 0 aliphatic carbocycles. The average molecular weight is 349 g/mol. The van der Waals surface area contributed by atoms with E-state index in [1.807, 2.05) is 0 Å². The number of anilines is 1. The number of sulfone groups is 1. The Bertz CT molecular complexity index is 861. The molecule has 0 saturated carbocycles. The van der Waals surface area contributed by atoms with Gasteiger partial charge in [0, 0.05) is 30.6 Å². The zero-order chi connectivity index (χ0) is 17.9. The van der Waals surface area contributed by atoms with E-state index in [4.69, 9.17) is 9.47 Å². The lowest BCUT2D eigenvalue weighted by Crippen LogP contribution is -2.26. The van der Waals surface area contributed by atoms with Crippen molar-refractivity contribution in [2.75, 3.05) is 32.4 Å². The van der Waals surface area contributed by atoms with E-state index in [2.05, 4.69) is 0 Å². The molecule has 0 heterocycles. The van der Waals surface area contributed by atoms with Crippen LogP contribution in [0.4, 0.5) is 5.69 Å². The van der Waals surface area contributed by atoms with Gasteiger partial charge in [-0.1, -0.05) is 6.07 Å². The molecular formula is C17H19NO5S. The van der Waals surface area contributed by atoms with Crippen LogP contribution in [0.5, 0.6) is 11.5 Å². The van der Waals surface area contributed by atoms with Crippen LogP contribution in [0, 0.1) is 0 Å². The summed E-state index contributed by atoms with van der Waals surface area (Å²) in [6.45, 7) is 0. The van der Waals surface area contributed by atoms with Crippen LogP contribution in [0.25, 0.3) is 0 Å². The van der Waals surface area contributed by atoms with Gasteiger partial charge in [0.15, 0.2) is 21.3 Å². The molecule has 2 rings (SSSR count). The van der Waals surface area contributed by atoms with Crippen molar-refractivity contribution in [3.05, 3.63) is 48.0 Å². The Morgan fingerprint density at radius 3 is 2.25 bits per heavy atom. The smallest absolute Gasteiger partial charge is 0.258 e. The van der Waals surface area contributed by atoms with E-state index in [0.717, 1.165) is 6.26 Å². The SMILES string of the molecule is COc1ccc(N(C)C(=O)c2cccc(S(C)(=O)=O)c2)cc1OC. The maximum atomic E-state index is 12.6. The summed E-state index contributed by atoms with van der Waals surface area (Å²) in [6.07, 6.45) is 1.11. The summed E-state index contributed by atoms with van der Waals surface area (Å²) in [6, 6.07) is 11.1. The van der Waals surface area contributed by atoms with Crippen LogP contribution in [0.1, 0.15) is 10.4 Å². The second kappa shape index (κ2) is 6.92. The largest absolute Gasteiger partial charge is 0.493 e. The van der Waals surface area contributed by atoms with Gasteiger partial charge in [-0.25, -0.2) is 8.42 Å². The number of methoxy groups -OCH3 is 2. The predicted molar refractivity (Wildman–Crippen MR) is 91.8 cm³/mol. The Morgan fingerprint density at radius 1 is 1.00 bits per heavy atom. The topological polar surface area (TPSA) is 72.9 Å². The summed E-state index contributed by atoms with van der Waals surface area (Å²) >= 11 is 0. The van der Waals surface area contributed by atoms with E-state index in [1.54, 1.807) is 37.4 Å². The van der Waals surface area contributed by atoms with Crippen molar-refractivity contribution in [3.8, 4) is 11.5 Å². The molecule has 24 heavy (non-hydrogen) atoms. The van der Waals surface area contributed by atoms with Crippen molar-refractivity contribution in [2.24, 2.45) is 0 Å². The molecule has 0 aliphatic rings. The number of carbonyl (C=O) groups excluding carboxylic acids is 1. The Morgan fingerprint density at radius 2 is 1.67 bits per heavy atom. The molecule has 0 spiro atoms. The first kappa shape index (κ1) is 17.8. The molecule has 128 valence electrons. The van der Waals surface area contributed by atoms with Crippen molar-refractivity contribution in [1.82, 2.24) is 0 Å². The van der Waals surface area contributed by atoms with Gasteiger partial charge in [0.2, 0.25) is 0 Å². The highest BCUT2D eigenvalue weighted by molar-refractivity contribution is 7.90. The second-order valence-electron chi connectivity index (χ2n) is 5.20. The first-order chi connectivity index (χ1) is 11.3. The first-order valence-corrected chi connectivity index (χ1v) is 8.97. The number of carbonyl (C=O) groups is 1. The molecule has 0 bridgehead atoms. The number of hydrogen-bond donors (Lipinski definition) is 0. The maximum absolute atomic E-state index is 12.6. The van der Waals surface area contributed by atoms with Gasteiger partial charge in [-0.15, -0.1) is 0 Å². The quantitative estimate of drug-likeness (QED) is 0.829. The van der Waals surface area contributed by atoms with Gasteiger partial charge in [-0.3, -0.25) is 4.79 Å². The summed E-state index contributed by atoms with van der Waals surface area (Å²) in [5.74, 6) is 0.730. The zero-order valence-corrected chi connectivity index (χ0v) is 14.8. The number of benzene rings is 2. The van der Waals surface area contributed by atoms with E-state index in [0.29, 0.717) is 17.2 Å². The Kier molecular flexibility index (Phi) is 5.14. The Hall–Kier alpha value is -2.54. The normalized spacial score (nSPS) is 11.0. The molecule has 0 radical (unpaired) electrons. The highest BCUT2D eigenvalue weighted by atomic mass is 32.2. The Labute approximate surface area is 141 Å². The minimum atomic E-state index is -3.38. The average Bonchev–Trinajstić information content (AvgIpc) is 2.59. The number of rotatable bonds is 5. The third kappa shape index (κ3) is 3.68. The molecule has 2 aromatic rings. The van der Waals surface area contributed by atoms with Crippen LogP contribution in [0.3, 0.4) is 0 Å². The fourth-order valence-corrected chi connectivity index (χ4v) is 2.87. The molecule has 7 heteroatoms. The fraction of sp³-hybridized carbons (Fsp3) is 0.235. The number of hydrogen-bond acceptors (Lipinski definition) is 5. The monoisotopic (exact) mass is 349 g/mol. The van der Waals surface area contributed by atoms with Gasteiger partial charge >= 0.3 is 0 Å². The van der Waals surface area contributed by atoms with Crippen molar-refractivity contribution in [1.29, 1.82) is 0 Å². The van der Waals surface area contributed by atoms with E-state index in [9.17, 15) is 13.2 Å². The molecule has 0 atom stereocenters. The second-order valence-corrected chi connectivity index (χ2v) is 7.22. The summed E-state index contributed by atoms with van der Waals surface area (Å²) in [7, 11) is 1.28. The summed E-state index contributed by atoms with van der Waals surface area (Å²) in [5.41, 5.74) is 0.887. The molecule has 0 aliphatic heterocycles. The van der Waals surface area contributed by atoms with Crippen molar-refractivity contribution in [2.45, 2.75) is 4.90 Å². The third-order valence-electron chi connectivity index (χ3n) is 3.57. The maximum Gasteiger partial charge on any atom is 0.258 e. The van der Waals surface area contributed by atoms with E-state index >= 15 is 0 Å². The lowest BCUT2D eigenvalue weighted by molar-refractivity contribution is 0.0992. The molecular weight excluding hydrogens is 330 g/mol. The molecule has 6 nitrogen and oxygen atoms in total. The molecule has 2 aromatic carbocycles.